The largest absolute Gasteiger partial charge is 0.492 e. The third-order valence-corrected chi connectivity index (χ3v) is 3.58. The van der Waals surface area contributed by atoms with E-state index >= 15 is 0 Å². The van der Waals surface area contributed by atoms with E-state index in [0.29, 0.717) is 31.2 Å². The molecule has 108 valence electrons. The summed E-state index contributed by atoms with van der Waals surface area (Å²) in [4.78, 5) is 24.4. The van der Waals surface area contributed by atoms with Crippen LogP contribution < -0.4 is 4.74 Å². The summed E-state index contributed by atoms with van der Waals surface area (Å²) in [6, 6.07) is 6.37. The molecule has 2 rings (SSSR count). The number of carboxylic acids is 1. The first kappa shape index (κ1) is 14.4. The van der Waals surface area contributed by atoms with Gasteiger partial charge in [0.2, 0.25) is 5.91 Å². The highest BCUT2D eigenvalue weighted by Gasteiger charge is 2.27. The molecule has 5 heteroatoms. The second-order valence-corrected chi connectivity index (χ2v) is 5.00. The van der Waals surface area contributed by atoms with E-state index in [-0.39, 0.29) is 11.5 Å². The van der Waals surface area contributed by atoms with Crippen molar-refractivity contribution in [2.24, 2.45) is 5.92 Å². The summed E-state index contributed by atoms with van der Waals surface area (Å²) in [6.07, 6.45) is 1.65. The smallest absolute Gasteiger partial charge is 0.335 e. The Bertz CT molecular complexity index is 500. The van der Waals surface area contributed by atoms with Crippen LogP contribution in [0, 0.1) is 5.92 Å². The zero-order chi connectivity index (χ0) is 14.5. The molecule has 1 aromatic carbocycles. The van der Waals surface area contributed by atoms with Crippen molar-refractivity contribution in [3.05, 3.63) is 29.8 Å². The van der Waals surface area contributed by atoms with E-state index in [4.69, 9.17) is 9.84 Å². The summed E-state index contributed by atoms with van der Waals surface area (Å²) in [6.45, 7) is 3.82. The molecule has 0 radical (unpaired) electrons. The first-order valence-electron chi connectivity index (χ1n) is 6.84. The Labute approximate surface area is 118 Å². The van der Waals surface area contributed by atoms with Gasteiger partial charge >= 0.3 is 5.97 Å². The van der Waals surface area contributed by atoms with Crippen LogP contribution in [-0.4, -0.2) is 41.6 Å². The van der Waals surface area contributed by atoms with E-state index in [1.165, 1.54) is 12.1 Å². The molecule has 1 N–H and O–H groups in total. The molecule has 20 heavy (non-hydrogen) atoms. The van der Waals surface area contributed by atoms with Gasteiger partial charge < -0.3 is 14.7 Å². The number of hydrogen-bond donors (Lipinski definition) is 1. The second kappa shape index (κ2) is 6.41. The van der Waals surface area contributed by atoms with Crippen LogP contribution in [0.15, 0.2) is 24.3 Å². The Morgan fingerprint density at radius 2 is 2.30 bits per heavy atom. The lowest BCUT2D eigenvalue weighted by atomic mass is 10.1. The molecule has 1 unspecified atom stereocenters. The maximum atomic E-state index is 11.7. The molecule has 5 nitrogen and oxygen atoms in total. The van der Waals surface area contributed by atoms with E-state index in [1.807, 2.05) is 4.90 Å². The molecule has 0 aliphatic carbocycles. The van der Waals surface area contributed by atoms with Gasteiger partial charge in [0, 0.05) is 13.0 Å². The minimum absolute atomic E-state index is 0.180. The molecule has 1 aromatic rings. The Hall–Kier alpha value is -2.04. The molecular formula is C15H19NO4. The van der Waals surface area contributed by atoms with Crippen molar-refractivity contribution >= 4 is 11.9 Å². The summed E-state index contributed by atoms with van der Waals surface area (Å²) >= 11 is 0. The van der Waals surface area contributed by atoms with E-state index < -0.39 is 5.97 Å². The van der Waals surface area contributed by atoms with Crippen LogP contribution in [0.4, 0.5) is 0 Å². The average Bonchev–Trinajstić information content (AvgIpc) is 2.80. The molecule has 1 aliphatic heterocycles. The van der Waals surface area contributed by atoms with E-state index in [2.05, 4.69) is 6.92 Å². The van der Waals surface area contributed by atoms with Crippen LogP contribution in [-0.2, 0) is 4.79 Å². The summed E-state index contributed by atoms with van der Waals surface area (Å²) in [5.41, 5.74) is 0.200. The lowest BCUT2D eigenvalue weighted by Crippen LogP contribution is -2.29. The monoisotopic (exact) mass is 277 g/mol. The fraction of sp³-hybridized carbons (Fsp3) is 0.467. The quantitative estimate of drug-likeness (QED) is 0.864. The van der Waals surface area contributed by atoms with Crippen LogP contribution in [0.1, 0.15) is 30.1 Å². The third-order valence-electron chi connectivity index (χ3n) is 3.58. The first-order chi connectivity index (χ1) is 9.60. The number of carboxylic acid groups (broad SMARTS) is 1. The Morgan fingerprint density at radius 3 is 2.95 bits per heavy atom. The molecule has 1 saturated heterocycles. The van der Waals surface area contributed by atoms with Crippen LogP contribution in [0.5, 0.6) is 5.75 Å². The predicted molar refractivity (Wildman–Crippen MR) is 73.9 cm³/mol. The molecule has 1 fully saturated rings. The van der Waals surface area contributed by atoms with E-state index in [9.17, 15) is 9.59 Å². The third kappa shape index (κ3) is 3.50. The number of aromatic carboxylic acids is 1. The lowest BCUT2D eigenvalue weighted by Gasteiger charge is -2.16. The van der Waals surface area contributed by atoms with Gasteiger partial charge in [-0.25, -0.2) is 4.79 Å². The molecule has 1 atom stereocenters. The van der Waals surface area contributed by atoms with Crippen LogP contribution >= 0.6 is 0 Å². The fourth-order valence-electron chi connectivity index (χ4n) is 2.34. The molecule has 0 aromatic heterocycles. The number of benzene rings is 1. The van der Waals surface area contributed by atoms with Crippen LogP contribution in [0.3, 0.4) is 0 Å². The van der Waals surface area contributed by atoms with Crippen molar-refractivity contribution < 1.29 is 19.4 Å². The van der Waals surface area contributed by atoms with E-state index in [0.717, 1.165) is 13.0 Å². The van der Waals surface area contributed by atoms with Crippen molar-refractivity contribution in [2.45, 2.75) is 19.8 Å². The topological polar surface area (TPSA) is 66.8 Å². The summed E-state index contributed by atoms with van der Waals surface area (Å²) in [5.74, 6) is 0.178. The van der Waals surface area contributed by atoms with Gasteiger partial charge in [-0.15, -0.1) is 0 Å². The van der Waals surface area contributed by atoms with Gasteiger partial charge in [-0.1, -0.05) is 19.4 Å². The number of carbonyl (C=O) groups is 2. The van der Waals surface area contributed by atoms with Gasteiger partial charge in [-0.2, -0.15) is 0 Å². The molecule has 0 bridgehead atoms. The van der Waals surface area contributed by atoms with Gasteiger partial charge in [-0.05, 0) is 24.1 Å². The first-order valence-corrected chi connectivity index (χ1v) is 6.84. The maximum Gasteiger partial charge on any atom is 0.335 e. The van der Waals surface area contributed by atoms with Crippen molar-refractivity contribution in [1.29, 1.82) is 0 Å². The van der Waals surface area contributed by atoms with Gasteiger partial charge in [0.15, 0.2) is 0 Å². The minimum Gasteiger partial charge on any atom is -0.492 e. The summed E-state index contributed by atoms with van der Waals surface area (Å²) in [7, 11) is 0. The number of likely N-dealkylation sites (tertiary alicyclic amines) is 1. The number of ether oxygens (including phenoxy) is 1. The molecule has 1 aliphatic rings. The molecule has 0 spiro atoms. The molecule has 1 heterocycles. The highest BCUT2D eigenvalue weighted by Crippen LogP contribution is 2.20. The Morgan fingerprint density at radius 1 is 1.50 bits per heavy atom. The summed E-state index contributed by atoms with van der Waals surface area (Å²) in [5, 5.41) is 8.89. The van der Waals surface area contributed by atoms with Crippen molar-refractivity contribution in [2.75, 3.05) is 19.7 Å². The molecular weight excluding hydrogens is 258 g/mol. The molecule has 1 amide bonds. The predicted octanol–water partition coefficient (Wildman–Crippen LogP) is 2.02. The number of hydrogen-bond acceptors (Lipinski definition) is 3. The Kier molecular flexibility index (Phi) is 4.61. The van der Waals surface area contributed by atoms with Crippen molar-refractivity contribution in [3.8, 4) is 5.75 Å². The zero-order valence-electron chi connectivity index (χ0n) is 11.5. The zero-order valence-corrected chi connectivity index (χ0v) is 11.5. The number of nitrogens with zero attached hydrogens (tertiary/aromatic N) is 1. The fourth-order valence-corrected chi connectivity index (χ4v) is 2.34. The Balaban J connectivity index is 1.83. The lowest BCUT2D eigenvalue weighted by molar-refractivity contribution is -0.128. The van der Waals surface area contributed by atoms with E-state index in [1.54, 1.807) is 12.1 Å². The molecule has 0 saturated carbocycles. The highest BCUT2D eigenvalue weighted by atomic mass is 16.5. The standard InChI is InChI=1S/C15H19NO4/c1-2-11-8-14(17)16(10-11)6-7-20-13-5-3-4-12(9-13)15(18)19/h3-5,9,11H,2,6-8,10H2,1H3,(H,18,19). The minimum atomic E-state index is -0.976. The highest BCUT2D eigenvalue weighted by molar-refractivity contribution is 5.88. The van der Waals surface area contributed by atoms with Gasteiger partial charge in [0.25, 0.3) is 0 Å². The van der Waals surface area contributed by atoms with Crippen molar-refractivity contribution in [3.63, 3.8) is 0 Å². The number of rotatable bonds is 6. The number of amides is 1. The van der Waals surface area contributed by atoms with Gasteiger partial charge in [-0.3, -0.25) is 4.79 Å². The second-order valence-electron chi connectivity index (χ2n) is 5.00. The van der Waals surface area contributed by atoms with Crippen LogP contribution in [0.25, 0.3) is 0 Å². The normalized spacial score (nSPS) is 18.4. The maximum absolute atomic E-state index is 11.7. The average molecular weight is 277 g/mol. The van der Waals surface area contributed by atoms with Crippen LogP contribution in [0.2, 0.25) is 0 Å². The van der Waals surface area contributed by atoms with Gasteiger partial charge in [0.05, 0.1) is 12.1 Å². The van der Waals surface area contributed by atoms with Gasteiger partial charge in [0.1, 0.15) is 12.4 Å². The van der Waals surface area contributed by atoms with Crippen molar-refractivity contribution in [1.82, 2.24) is 4.90 Å². The summed E-state index contributed by atoms with van der Waals surface area (Å²) < 4.78 is 5.52. The SMILES string of the molecule is CCC1CC(=O)N(CCOc2cccc(C(=O)O)c2)C1. The number of carbonyl (C=O) groups excluding carboxylic acids is 1.